The molecule has 304 valence electrons. The van der Waals surface area contributed by atoms with Crippen LogP contribution in [0.3, 0.4) is 0 Å². The van der Waals surface area contributed by atoms with Gasteiger partial charge in [0.1, 0.15) is 39.2 Å². The van der Waals surface area contributed by atoms with E-state index < -0.39 is 64.7 Å². The number of hydrogen-bond donors (Lipinski definition) is 3. The van der Waals surface area contributed by atoms with Crippen LogP contribution in [0.15, 0.2) is 35.6 Å². The number of nitrogens with one attached hydrogen (secondary N) is 2. The highest BCUT2D eigenvalue weighted by atomic mass is 35.5. The quantitative estimate of drug-likeness (QED) is 0.0483. The average Bonchev–Trinajstić information content (AvgIpc) is 3.38. The first-order valence-corrected chi connectivity index (χ1v) is 18.8. The van der Waals surface area contributed by atoms with Gasteiger partial charge < -0.3 is 33.8 Å². The van der Waals surface area contributed by atoms with Gasteiger partial charge in [0, 0.05) is 19.0 Å². The van der Waals surface area contributed by atoms with Gasteiger partial charge in [0.15, 0.2) is 10.8 Å². The molecule has 1 atom stereocenters. The summed E-state index contributed by atoms with van der Waals surface area (Å²) in [6, 6.07) is 7.20. The van der Waals surface area contributed by atoms with Gasteiger partial charge in [-0.1, -0.05) is 28.1 Å². The topological polar surface area (TPSA) is 208 Å². The maximum absolute atomic E-state index is 13.3. The molecule has 0 bridgehead atoms. The van der Waals surface area contributed by atoms with E-state index >= 15 is 0 Å². The maximum Gasteiger partial charge on any atom is 0.413 e. The van der Waals surface area contributed by atoms with Gasteiger partial charge in [0.25, 0.3) is 17.7 Å². The number of nitrogens with zero attached hydrogens (tertiary/aromatic N) is 4. The molecule has 2 aromatic heterocycles. The van der Waals surface area contributed by atoms with Crippen molar-refractivity contribution >= 4 is 80.3 Å². The normalized spacial score (nSPS) is 14.3. The predicted molar refractivity (Wildman–Crippen MR) is 207 cm³/mol. The third kappa shape index (κ3) is 12.4. The molecule has 0 aliphatic carbocycles. The minimum absolute atomic E-state index is 0.117. The van der Waals surface area contributed by atoms with Crippen LogP contribution < -0.4 is 19.9 Å². The molecule has 56 heavy (non-hydrogen) atoms. The van der Waals surface area contributed by atoms with Crippen LogP contribution in [0.2, 0.25) is 4.34 Å². The van der Waals surface area contributed by atoms with Crippen molar-refractivity contribution in [3.05, 3.63) is 40.5 Å². The summed E-state index contributed by atoms with van der Waals surface area (Å²) in [5.41, 5.74) is -3.61. The zero-order chi connectivity index (χ0) is 41.7. The summed E-state index contributed by atoms with van der Waals surface area (Å²) in [4.78, 5) is 73.6. The second-order valence-electron chi connectivity index (χ2n) is 15.9. The Balaban J connectivity index is 1.51. The average molecular weight is 820 g/mol. The number of hydrogen-bond acceptors (Lipinski definition) is 14. The van der Waals surface area contributed by atoms with Crippen LogP contribution in [0.1, 0.15) is 68.0 Å². The fraction of sp³-hybridized carbons (Fsp3) is 0.514. The number of benzene rings is 1. The van der Waals surface area contributed by atoms with Crippen LogP contribution in [-0.4, -0.2) is 99.8 Å². The van der Waals surface area contributed by atoms with Gasteiger partial charge >= 0.3 is 24.1 Å². The molecule has 3 aromatic rings. The van der Waals surface area contributed by atoms with E-state index in [4.69, 9.17) is 35.4 Å². The summed E-state index contributed by atoms with van der Waals surface area (Å²) in [5.74, 6) is -2.93. The lowest BCUT2D eigenvalue weighted by molar-refractivity contribution is -0.656. The lowest BCUT2D eigenvalue weighted by atomic mass is 10.0. The molecular weight excluding hydrogens is 772 g/mol. The summed E-state index contributed by atoms with van der Waals surface area (Å²) >= 11 is 7.02. The fourth-order valence-electron chi connectivity index (χ4n) is 5.06. The number of anilines is 2. The number of rotatable bonds is 13. The highest BCUT2D eigenvalue weighted by Gasteiger charge is 2.35. The molecule has 2 amide bonds. The second kappa shape index (κ2) is 17.3. The van der Waals surface area contributed by atoms with Crippen LogP contribution in [0, 0.1) is 5.92 Å². The van der Waals surface area contributed by atoms with Gasteiger partial charge in [0.05, 0.1) is 25.2 Å². The fourth-order valence-corrected chi connectivity index (χ4v) is 6.09. The molecule has 0 spiro atoms. The van der Waals surface area contributed by atoms with Crippen LogP contribution in [-0.2, 0) is 40.5 Å². The monoisotopic (exact) mass is 819 g/mol. The Morgan fingerprint density at radius 2 is 1.64 bits per heavy atom. The summed E-state index contributed by atoms with van der Waals surface area (Å²) in [6.07, 6.45) is -0.910. The van der Waals surface area contributed by atoms with E-state index in [1.807, 2.05) is 50.7 Å². The summed E-state index contributed by atoms with van der Waals surface area (Å²) in [7, 11) is 1.91. The minimum Gasteiger partial charge on any atom is -0.489 e. The van der Waals surface area contributed by atoms with Crippen molar-refractivity contribution in [2.75, 3.05) is 36.9 Å². The molecule has 1 saturated heterocycles. The molecule has 17 nitrogen and oxygen atoms in total. The molecule has 0 radical (unpaired) electrons. The molecule has 1 unspecified atom stereocenters. The van der Waals surface area contributed by atoms with E-state index in [0.29, 0.717) is 36.7 Å². The molecule has 3 heterocycles. The number of aliphatic carboxylic acids is 1. The Morgan fingerprint density at radius 1 is 1.00 bits per heavy atom. The molecule has 1 aromatic carbocycles. The van der Waals surface area contributed by atoms with Gasteiger partial charge in [-0.2, -0.15) is 0 Å². The number of carboxylic acid groups (broad SMARTS) is 1. The molecule has 1 aliphatic heterocycles. The number of aryl methyl sites for hydroxylation is 1. The van der Waals surface area contributed by atoms with Crippen molar-refractivity contribution in [2.24, 2.45) is 18.1 Å². The lowest BCUT2D eigenvalue weighted by Gasteiger charge is -2.38. The van der Waals surface area contributed by atoms with Crippen molar-refractivity contribution < 1.29 is 57.4 Å². The van der Waals surface area contributed by atoms with Crippen LogP contribution in [0.5, 0.6) is 5.75 Å². The van der Waals surface area contributed by atoms with Gasteiger partial charge in [-0.15, -0.1) is 0 Å². The van der Waals surface area contributed by atoms with E-state index in [-0.39, 0.29) is 21.5 Å². The third-order valence-corrected chi connectivity index (χ3v) is 8.61. The number of amides is 2. The number of carbonyl (C=O) groups excluding carboxylic acids is 4. The van der Waals surface area contributed by atoms with Crippen LogP contribution in [0.4, 0.5) is 20.5 Å². The first-order valence-electron chi connectivity index (χ1n) is 17.6. The highest BCUT2D eigenvalue weighted by Crippen LogP contribution is 2.30. The largest absolute Gasteiger partial charge is 0.489 e. The Labute approximate surface area is 333 Å². The zero-order valence-corrected chi connectivity index (χ0v) is 34.5. The number of halogens is 1. The molecule has 19 heteroatoms. The third-order valence-electron chi connectivity index (χ3n) is 7.45. The van der Waals surface area contributed by atoms with Crippen molar-refractivity contribution in [1.82, 2.24) is 9.88 Å². The SMILES string of the molecule is C[n+]1ccc2cc(OCC(ON=C(C(=O)C(=O)O)c3nc(NC(=O)OC(C)(C)C)sc3Cl)C(=O)OC(C)(C)C)ccc2c1NCC1CN(C(=O)OC(C)(C)C)C1. The Hall–Kier alpha value is -5.23. The first-order chi connectivity index (χ1) is 25.9. The smallest absolute Gasteiger partial charge is 0.413 e. The molecule has 0 saturated carbocycles. The lowest BCUT2D eigenvalue weighted by Crippen LogP contribution is -2.54. The van der Waals surface area contributed by atoms with Crippen LogP contribution in [0.25, 0.3) is 10.8 Å². The first kappa shape index (κ1) is 43.5. The van der Waals surface area contributed by atoms with Gasteiger partial charge in [-0.3, -0.25) is 15.4 Å². The van der Waals surface area contributed by atoms with Crippen LogP contribution >= 0.6 is 22.9 Å². The maximum atomic E-state index is 13.3. The Kier molecular flexibility index (Phi) is 13.4. The van der Waals surface area contributed by atoms with E-state index in [2.05, 4.69) is 20.8 Å². The summed E-state index contributed by atoms with van der Waals surface area (Å²) in [6.45, 7) is 16.7. The second-order valence-corrected chi connectivity index (χ2v) is 17.5. The van der Waals surface area contributed by atoms with E-state index in [1.54, 1.807) is 58.6 Å². The van der Waals surface area contributed by atoms with Gasteiger partial charge in [-0.05, 0) is 92.0 Å². The number of ketones is 1. The number of oxime groups is 1. The van der Waals surface area contributed by atoms with Crippen molar-refractivity contribution in [3.63, 3.8) is 0 Å². The number of carbonyl (C=O) groups is 5. The molecule has 4 rings (SSSR count). The van der Waals surface area contributed by atoms with E-state index in [0.717, 1.165) is 16.6 Å². The zero-order valence-electron chi connectivity index (χ0n) is 33.0. The minimum atomic E-state index is -1.91. The molecular formula is C37H48ClN6O11S+. The molecule has 3 N–H and O–H groups in total. The molecule has 1 aliphatic rings. The molecule has 1 fully saturated rings. The summed E-state index contributed by atoms with van der Waals surface area (Å²) in [5, 5.41) is 20.7. The van der Waals surface area contributed by atoms with Crippen molar-refractivity contribution in [2.45, 2.75) is 85.2 Å². The number of thiazole rings is 1. The number of likely N-dealkylation sites (tertiary alicyclic amines) is 1. The predicted octanol–water partition coefficient (Wildman–Crippen LogP) is 5.56. The number of carboxylic acids is 1. The number of Topliss-reactive ketones (excluding diaryl/α,β-unsaturated/α-hetero) is 1. The number of fused-ring (bicyclic) bond motifs is 1. The Morgan fingerprint density at radius 3 is 2.25 bits per heavy atom. The van der Waals surface area contributed by atoms with E-state index in [1.165, 1.54) is 0 Å². The number of aromatic nitrogens is 2. The number of esters is 1. The number of pyridine rings is 1. The standard InChI is InChI=1S/C37H47ClN6O11S/c1-35(2,3)52-31(48)24(55-42-25(27(45)30(46)47)26-28(38)56-32(40-26)41-33(49)53-36(4,5)6)19-51-22-11-12-23-21(15-22)13-14-43(10)29(23)39-16-20-17-44(18-20)34(50)54-37(7,8)9/h11-15,20,24H,16-19H2,1-10H3,(H2,40,41,46,47,49)/p+1. The highest BCUT2D eigenvalue weighted by molar-refractivity contribution is 7.20. The summed E-state index contributed by atoms with van der Waals surface area (Å²) < 4.78 is 23.8. The van der Waals surface area contributed by atoms with E-state index in [9.17, 15) is 29.1 Å². The van der Waals surface area contributed by atoms with Crippen molar-refractivity contribution in [3.8, 4) is 5.75 Å². The van der Waals surface area contributed by atoms with Gasteiger partial charge in [0.2, 0.25) is 0 Å². The number of ether oxygens (including phenoxy) is 4. The van der Waals surface area contributed by atoms with Crippen molar-refractivity contribution in [1.29, 1.82) is 0 Å². The van der Waals surface area contributed by atoms with Gasteiger partial charge in [-0.25, -0.2) is 28.7 Å². The Bertz CT molecular complexity index is 2010.